The maximum atomic E-state index is 10.9. The van der Waals surface area contributed by atoms with E-state index in [2.05, 4.69) is 10.1 Å². The topological polar surface area (TPSA) is 84.9 Å². The van der Waals surface area contributed by atoms with Gasteiger partial charge in [-0.15, -0.1) is 0 Å². The van der Waals surface area contributed by atoms with Gasteiger partial charge in [-0.25, -0.2) is 4.79 Å². The Labute approximate surface area is 95.9 Å². The van der Waals surface area contributed by atoms with Gasteiger partial charge in [0.05, 0.1) is 7.11 Å². The minimum absolute atomic E-state index is 0.175. The van der Waals surface area contributed by atoms with Gasteiger partial charge in [-0.2, -0.15) is 0 Å². The van der Waals surface area contributed by atoms with E-state index in [1.54, 1.807) is 27.7 Å². The van der Waals surface area contributed by atoms with Gasteiger partial charge < -0.3 is 19.9 Å². The molecule has 0 atom stereocenters. The van der Waals surface area contributed by atoms with E-state index < -0.39 is 17.7 Å². The average molecular weight is 235 g/mol. The number of carbonyl (C=O) groups excluding carboxylic acids is 2. The Morgan fingerprint density at radius 3 is 2.06 bits per heavy atom. The van der Waals surface area contributed by atoms with Crippen LogP contribution in [0.5, 0.6) is 0 Å². The summed E-state index contributed by atoms with van der Waals surface area (Å²) in [6.45, 7) is 6.98. The molecule has 0 aliphatic rings. The molecule has 96 valence electrons. The number of carbonyl (C=O) groups is 2. The van der Waals surface area contributed by atoms with Crippen LogP contribution in [0.3, 0.4) is 0 Å². The Kier molecular flexibility index (Phi) is 9.58. The molecule has 0 heterocycles. The summed E-state index contributed by atoms with van der Waals surface area (Å²) in [7, 11) is 1.25. The van der Waals surface area contributed by atoms with Crippen LogP contribution >= 0.6 is 0 Å². The maximum Gasteiger partial charge on any atom is 0.408 e. The summed E-state index contributed by atoms with van der Waals surface area (Å²) in [6, 6.07) is 0. The Balaban J connectivity index is 0. The molecule has 1 amide bonds. The van der Waals surface area contributed by atoms with E-state index in [1.807, 2.05) is 0 Å². The molecule has 16 heavy (non-hydrogen) atoms. The highest BCUT2D eigenvalue weighted by Gasteiger charge is 2.16. The van der Waals surface area contributed by atoms with Crippen molar-refractivity contribution in [2.75, 3.05) is 20.3 Å². The van der Waals surface area contributed by atoms with Gasteiger partial charge in [-0.05, 0) is 27.7 Å². The third-order valence-corrected chi connectivity index (χ3v) is 1.00. The number of esters is 1. The summed E-state index contributed by atoms with van der Waals surface area (Å²) < 4.78 is 9.20. The lowest BCUT2D eigenvalue weighted by Gasteiger charge is -2.19. The first-order valence-electron chi connectivity index (χ1n) is 4.91. The summed E-state index contributed by atoms with van der Waals surface area (Å²) >= 11 is 0. The first-order valence-corrected chi connectivity index (χ1v) is 4.91. The zero-order valence-corrected chi connectivity index (χ0v) is 10.5. The largest absolute Gasteiger partial charge is 0.468 e. The van der Waals surface area contributed by atoms with Crippen molar-refractivity contribution in [2.45, 2.75) is 33.3 Å². The SMILES string of the molecule is CCO.COC(=O)CNC(=O)OC(C)(C)C. The van der Waals surface area contributed by atoms with E-state index in [4.69, 9.17) is 9.84 Å². The van der Waals surface area contributed by atoms with Gasteiger partial charge in [0.2, 0.25) is 0 Å². The zero-order valence-electron chi connectivity index (χ0n) is 10.5. The highest BCUT2D eigenvalue weighted by molar-refractivity contribution is 5.77. The minimum Gasteiger partial charge on any atom is -0.468 e. The van der Waals surface area contributed by atoms with E-state index in [0.29, 0.717) is 0 Å². The fraction of sp³-hybridized carbons (Fsp3) is 0.800. The minimum atomic E-state index is -0.627. The molecule has 0 fully saturated rings. The molecule has 0 aromatic carbocycles. The zero-order chi connectivity index (χ0) is 13.2. The molecular weight excluding hydrogens is 214 g/mol. The van der Waals surface area contributed by atoms with Gasteiger partial charge in [0.25, 0.3) is 0 Å². The molecule has 0 aromatic heterocycles. The Morgan fingerprint density at radius 2 is 1.75 bits per heavy atom. The van der Waals surface area contributed by atoms with Gasteiger partial charge in [-0.3, -0.25) is 4.79 Å². The standard InChI is InChI=1S/C8H15NO4.C2H6O/c1-8(2,3)13-7(11)9-5-6(10)12-4;1-2-3/h5H2,1-4H3,(H,9,11);3H,2H2,1H3. The summed E-state index contributed by atoms with van der Waals surface area (Å²) in [6.07, 6.45) is -0.627. The fourth-order valence-electron chi connectivity index (χ4n) is 0.531. The predicted octanol–water partition coefficient (Wildman–Crippen LogP) is 0.683. The van der Waals surface area contributed by atoms with Crippen molar-refractivity contribution >= 4 is 12.1 Å². The van der Waals surface area contributed by atoms with Gasteiger partial charge in [0.15, 0.2) is 0 Å². The molecule has 2 N–H and O–H groups in total. The van der Waals surface area contributed by atoms with Gasteiger partial charge in [-0.1, -0.05) is 0 Å². The smallest absolute Gasteiger partial charge is 0.408 e. The van der Waals surface area contributed by atoms with Crippen LogP contribution in [-0.2, 0) is 14.3 Å². The van der Waals surface area contributed by atoms with Crippen molar-refractivity contribution in [3.63, 3.8) is 0 Å². The second-order valence-electron chi connectivity index (χ2n) is 3.75. The van der Waals surface area contributed by atoms with E-state index in [-0.39, 0.29) is 13.2 Å². The molecule has 0 aliphatic carbocycles. The van der Waals surface area contributed by atoms with E-state index >= 15 is 0 Å². The number of hydrogen-bond donors (Lipinski definition) is 2. The van der Waals surface area contributed by atoms with Crippen LogP contribution < -0.4 is 5.32 Å². The van der Waals surface area contributed by atoms with E-state index in [0.717, 1.165) is 0 Å². The second-order valence-corrected chi connectivity index (χ2v) is 3.75. The average Bonchev–Trinajstić information content (AvgIpc) is 2.12. The number of amides is 1. The molecule has 0 bridgehead atoms. The number of ether oxygens (including phenoxy) is 2. The highest BCUT2D eigenvalue weighted by atomic mass is 16.6. The van der Waals surface area contributed by atoms with Crippen molar-refractivity contribution in [1.29, 1.82) is 0 Å². The molecule has 6 heteroatoms. The number of rotatable bonds is 2. The summed E-state index contributed by atoms with van der Waals surface area (Å²) in [5.74, 6) is -0.508. The molecule has 6 nitrogen and oxygen atoms in total. The molecule has 0 aromatic rings. The van der Waals surface area contributed by atoms with Crippen LogP contribution in [0.1, 0.15) is 27.7 Å². The summed E-state index contributed by atoms with van der Waals surface area (Å²) in [5.41, 5.74) is -0.555. The first-order chi connectivity index (χ1) is 7.26. The molecular formula is C10H21NO5. The van der Waals surface area contributed by atoms with Crippen molar-refractivity contribution in [2.24, 2.45) is 0 Å². The Bertz CT molecular complexity index is 210. The van der Waals surface area contributed by atoms with Crippen LogP contribution in [-0.4, -0.2) is 43.0 Å². The van der Waals surface area contributed by atoms with Crippen LogP contribution in [0.25, 0.3) is 0 Å². The van der Waals surface area contributed by atoms with Crippen molar-refractivity contribution in [1.82, 2.24) is 5.32 Å². The van der Waals surface area contributed by atoms with E-state index in [1.165, 1.54) is 7.11 Å². The number of aliphatic hydroxyl groups is 1. The van der Waals surface area contributed by atoms with E-state index in [9.17, 15) is 9.59 Å². The summed E-state index contributed by atoms with van der Waals surface area (Å²) in [4.78, 5) is 21.5. The number of alkyl carbamates (subject to hydrolysis) is 1. The molecule has 0 radical (unpaired) electrons. The maximum absolute atomic E-state index is 10.9. The number of methoxy groups -OCH3 is 1. The van der Waals surface area contributed by atoms with Crippen molar-refractivity contribution in [3.8, 4) is 0 Å². The first kappa shape index (κ1) is 17.1. The molecule has 0 saturated carbocycles. The number of nitrogens with one attached hydrogen (secondary N) is 1. The lowest BCUT2D eigenvalue weighted by atomic mass is 10.2. The molecule has 0 rings (SSSR count). The molecule has 0 unspecified atom stereocenters. The predicted molar refractivity (Wildman–Crippen MR) is 59.0 cm³/mol. The van der Waals surface area contributed by atoms with Crippen LogP contribution in [0.4, 0.5) is 4.79 Å². The van der Waals surface area contributed by atoms with Gasteiger partial charge in [0.1, 0.15) is 12.1 Å². The van der Waals surface area contributed by atoms with Gasteiger partial charge >= 0.3 is 12.1 Å². The van der Waals surface area contributed by atoms with Crippen molar-refractivity contribution < 1.29 is 24.2 Å². The number of hydrogen-bond acceptors (Lipinski definition) is 5. The van der Waals surface area contributed by atoms with Crippen LogP contribution in [0.2, 0.25) is 0 Å². The summed E-state index contributed by atoms with van der Waals surface area (Å²) in [5, 5.41) is 9.82. The Hall–Kier alpha value is -1.30. The van der Waals surface area contributed by atoms with Crippen LogP contribution in [0, 0.1) is 0 Å². The van der Waals surface area contributed by atoms with Gasteiger partial charge in [0, 0.05) is 6.61 Å². The quantitative estimate of drug-likeness (QED) is 0.688. The monoisotopic (exact) mass is 235 g/mol. The molecule has 0 saturated heterocycles. The second kappa shape index (κ2) is 8.96. The normalized spacial score (nSPS) is 9.62. The Morgan fingerprint density at radius 1 is 1.31 bits per heavy atom. The lowest BCUT2D eigenvalue weighted by Crippen LogP contribution is -2.35. The number of aliphatic hydroxyl groups excluding tert-OH is 1. The highest BCUT2D eigenvalue weighted by Crippen LogP contribution is 2.05. The third-order valence-electron chi connectivity index (χ3n) is 1.00. The lowest BCUT2D eigenvalue weighted by molar-refractivity contribution is -0.139. The van der Waals surface area contributed by atoms with Crippen LogP contribution in [0.15, 0.2) is 0 Å². The van der Waals surface area contributed by atoms with Crippen molar-refractivity contribution in [3.05, 3.63) is 0 Å². The molecule has 0 spiro atoms. The fourth-order valence-corrected chi connectivity index (χ4v) is 0.531. The molecule has 0 aliphatic heterocycles. The third kappa shape index (κ3) is 15.2.